The van der Waals surface area contributed by atoms with Crippen LogP contribution in [-0.2, 0) is 16.6 Å². The molecule has 1 fully saturated rings. The zero-order valence-corrected chi connectivity index (χ0v) is 26.4. The van der Waals surface area contributed by atoms with Crippen LogP contribution in [0, 0.1) is 0 Å². The number of benzene rings is 4. The maximum absolute atomic E-state index is 2.61. The van der Waals surface area contributed by atoms with Crippen molar-refractivity contribution in [2.75, 3.05) is 0 Å². The van der Waals surface area contributed by atoms with Crippen molar-refractivity contribution in [3.63, 3.8) is 0 Å². The second kappa shape index (κ2) is 11.9. The Bertz CT molecular complexity index is 1450. The van der Waals surface area contributed by atoms with Crippen LogP contribution in [0.4, 0.5) is 0 Å². The van der Waals surface area contributed by atoms with Gasteiger partial charge in [0.05, 0.1) is 0 Å². The maximum Gasteiger partial charge on any atom is -1.00 e. The Balaban J connectivity index is 0.00000161. The summed E-state index contributed by atoms with van der Waals surface area (Å²) in [6.45, 7) is 4.79. The molecule has 0 nitrogen and oxygen atoms in total. The van der Waals surface area contributed by atoms with Gasteiger partial charge in [0, 0.05) is 0 Å². The summed E-state index contributed by atoms with van der Waals surface area (Å²) < 4.78 is 4.35. The van der Waals surface area contributed by atoms with Crippen molar-refractivity contribution in [2.45, 2.75) is 51.0 Å². The monoisotopic (exact) mass is 598 g/mol. The van der Waals surface area contributed by atoms with E-state index in [1.807, 2.05) is 0 Å². The van der Waals surface area contributed by atoms with Crippen molar-refractivity contribution in [3.8, 4) is 22.3 Å². The molecule has 4 aromatic rings. The standard InChI is InChI=1S/2C17H15.C3H6.2ClH.Ti/c2*1-2-13-11-15-9-6-10-16(17(15)12-13)14-7-4-3-5-8-14;1-3-2;;;/h2*3-12H,2H2,1H3;1-3H2;2*1H;/q;;;;;+2/p-2. The summed E-state index contributed by atoms with van der Waals surface area (Å²) in [5.41, 5.74) is 15.3. The zero-order valence-electron chi connectivity index (χ0n) is 23.3. The van der Waals surface area contributed by atoms with Crippen molar-refractivity contribution >= 4 is 12.2 Å². The molecule has 4 aromatic carbocycles. The molecule has 40 heavy (non-hydrogen) atoms. The molecular weight excluding hydrogens is 563 g/mol. The van der Waals surface area contributed by atoms with Crippen LogP contribution in [0.15, 0.2) is 108 Å². The molecule has 0 amide bonds. The first-order valence-corrected chi connectivity index (χ1v) is 18.5. The first kappa shape index (κ1) is 29.2. The molecule has 202 valence electrons. The van der Waals surface area contributed by atoms with E-state index in [1.54, 1.807) is 22.3 Å². The molecule has 1 saturated heterocycles. The van der Waals surface area contributed by atoms with Crippen LogP contribution >= 0.6 is 0 Å². The van der Waals surface area contributed by atoms with Crippen LogP contribution in [0.1, 0.15) is 63.8 Å². The number of halogens is 2. The van der Waals surface area contributed by atoms with Crippen molar-refractivity contribution in [1.29, 1.82) is 0 Å². The zero-order chi connectivity index (χ0) is 25.7. The summed E-state index contributed by atoms with van der Waals surface area (Å²) in [6, 6.07) is 36.4. The molecule has 2 aliphatic carbocycles. The molecule has 0 bridgehead atoms. The van der Waals surface area contributed by atoms with Crippen molar-refractivity contribution < 1.29 is 41.4 Å². The van der Waals surface area contributed by atoms with Gasteiger partial charge < -0.3 is 24.8 Å². The molecular formula is C37H36Cl2Ti. The summed E-state index contributed by atoms with van der Waals surface area (Å²) in [5, 5.41) is 0. The summed E-state index contributed by atoms with van der Waals surface area (Å²) >= 11 is -2.43. The molecule has 0 aromatic heterocycles. The van der Waals surface area contributed by atoms with Gasteiger partial charge in [0.2, 0.25) is 0 Å². The van der Waals surface area contributed by atoms with Crippen LogP contribution < -0.4 is 24.8 Å². The van der Waals surface area contributed by atoms with Crippen molar-refractivity contribution in [3.05, 3.63) is 130 Å². The van der Waals surface area contributed by atoms with Crippen molar-refractivity contribution in [2.24, 2.45) is 0 Å². The first-order valence-electron chi connectivity index (χ1n) is 14.5. The Labute approximate surface area is 255 Å². The fraction of sp³-hybridized carbons (Fsp3) is 0.243. The predicted molar refractivity (Wildman–Crippen MR) is 160 cm³/mol. The van der Waals surface area contributed by atoms with Crippen LogP contribution in [0.3, 0.4) is 0 Å². The topological polar surface area (TPSA) is 0 Å². The van der Waals surface area contributed by atoms with E-state index in [2.05, 4.69) is 123 Å². The predicted octanol–water partition coefficient (Wildman–Crippen LogP) is 4.82. The largest absolute Gasteiger partial charge is 1.00 e. The molecule has 0 radical (unpaired) electrons. The molecule has 2 unspecified atom stereocenters. The quantitative estimate of drug-likeness (QED) is 0.279. The minimum Gasteiger partial charge on any atom is -1.00 e. The fourth-order valence-corrected chi connectivity index (χ4v) is 18.0. The fourth-order valence-electron chi connectivity index (χ4n) is 7.97. The second-order valence-corrected chi connectivity index (χ2v) is 18.7. The van der Waals surface area contributed by atoms with E-state index in [9.17, 15) is 0 Å². The minimum atomic E-state index is -2.43. The third-order valence-corrected chi connectivity index (χ3v) is 19.5. The smallest absolute Gasteiger partial charge is 1.00 e. The van der Waals surface area contributed by atoms with Gasteiger partial charge in [-0.25, -0.2) is 0 Å². The van der Waals surface area contributed by atoms with Gasteiger partial charge in [-0.1, -0.05) is 0 Å². The number of fused-ring (bicyclic) bond motifs is 2. The Morgan fingerprint density at radius 1 is 0.550 bits per heavy atom. The van der Waals surface area contributed by atoms with Gasteiger partial charge >= 0.3 is 232 Å². The van der Waals surface area contributed by atoms with E-state index < -0.39 is 16.6 Å². The molecule has 1 heterocycles. The van der Waals surface area contributed by atoms with Gasteiger partial charge in [0.25, 0.3) is 0 Å². The SMILES string of the molecule is CCC1=Cc2c(-c3ccccc3)cccc2[CH]1[Ti+2]1([CH]2C(CC)=Cc3c(-c4ccccc4)cccc32)[CH2]C[CH2]1.[Cl-].[Cl-]. The molecule has 2 atom stereocenters. The normalized spacial score (nSPS) is 18.9. The van der Waals surface area contributed by atoms with Crippen LogP contribution in [0.5, 0.6) is 0 Å². The molecule has 1 aliphatic heterocycles. The molecule has 3 aliphatic rings. The minimum absolute atomic E-state index is 0. The van der Waals surface area contributed by atoms with Gasteiger partial charge in [-0.05, 0) is 0 Å². The van der Waals surface area contributed by atoms with E-state index in [0.29, 0.717) is 8.45 Å². The van der Waals surface area contributed by atoms with E-state index in [1.165, 1.54) is 49.3 Å². The Morgan fingerprint density at radius 2 is 0.975 bits per heavy atom. The Hall–Kier alpha value is -2.35. The van der Waals surface area contributed by atoms with E-state index in [0.717, 1.165) is 12.8 Å². The maximum atomic E-state index is 2.61. The van der Waals surface area contributed by atoms with Crippen LogP contribution in [0.25, 0.3) is 34.4 Å². The first-order chi connectivity index (χ1) is 18.7. The van der Waals surface area contributed by atoms with Crippen LogP contribution in [0.2, 0.25) is 9.45 Å². The number of rotatable bonds is 6. The molecule has 7 rings (SSSR count). The van der Waals surface area contributed by atoms with E-state index in [4.69, 9.17) is 0 Å². The third kappa shape index (κ3) is 4.49. The number of hydrogen-bond acceptors (Lipinski definition) is 0. The average Bonchev–Trinajstić information content (AvgIpc) is 3.53. The Morgan fingerprint density at radius 3 is 1.32 bits per heavy atom. The Kier molecular flexibility index (Phi) is 8.65. The summed E-state index contributed by atoms with van der Waals surface area (Å²) in [7, 11) is 0. The molecule has 0 N–H and O–H groups in total. The second-order valence-electron chi connectivity index (χ2n) is 11.4. The third-order valence-electron chi connectivity index (χ3n) is 9.72. The molecule has 3 heteroatoms. The van der Waals surface area contributed by atoms with Gasteiger partial charge in [-0.15, -0.1) is 0 Å². The number of hydrogen-bond donors (Lipinski definition) is 0. The van der Waals surface area contributed by atoms with E-state index in [-0.39, 0.29) is 24.8 Å². The van der Waals surface area contributed by atoms with Crippen molar-refractivity contribution in [1.82, 2.24) is 0 Å². The summed E-state index contributed by atoms with van der Waals surface area (Å²) in [5.74, 6) is 0. The number of allylic oxidation sites excluding steroid dienone is 2. The van der Waals surface area contributed by atoms with Gasteiger partial charge in [-0.3, -0.25) is 0 Å². The van der Waals surface area contributed by atoms with Gasteiger partial charge in [0.15, 0.2) is 0 Å². The summed E-state index contributed by atoms with van der Waals surface area (Å²) in [6.07, 6.45) is 8.96. The summed E-state index contributed by atoms with van der Waals surface area (Å²) in [4.78, 5) is 0. The molecule has 0 spiro atoms. The van der Waals surface area contributed by atoms with Gasteiger partial charge in [-0.2, -0.15) is 0 Å². The molecule has 0 saturated carbocycles. The van der Waals surface area contributed by atoms with E-state index >= 15 is 0 Å². The van der Waals surface area contributed by atoms with Crippen LogP contribution in [-0.4, -0.2) is 0 Å². The van der Waals surface area contributed by atoms with Gasteiger partial charge in [0.1, 0.15) is 0 Å². The average molecular weight is 599 g/mol.